The van der Waals surface area contributed by atoms with Crippen molar-refractivity contribution >= 4 is 131 Å². The van der Waals surface area contributed by atoms with Crippen molar-refractivity contribution in [1.29, 1.82) is 0 Å². The van der Waals surface area contributed by atoms with Gasteiger partial charge in [-0.1, -0.05) is 35.3 Å². The van der Waals surface area contributed by atoms with E-state index in [2.05, 4.69) is 31.1 Å². The molecule has 0 aliphatic heterocycles. The number of phenolic OH excluding ortho intramolecular Hbond substituents is 2. The normalized spacial score (nSPS) is 11.9. The van der Waals surface area contributed by atoms with Gasteiger partial charge in [-0.15, -0.1) is 20.5 Å². The molecule has 6 rings (SSSR count). The summed E-state index contributed by atoms with van der Waals surface area (Å²) < 4.78 is 146. The first-order valence-corrected chi connectivity index (χ1v) is 23.4. The Bertz CT molecular complexity index is 3360. The van der Waals surface area contributed by atoms with Crippen LogP contribution < -0.4 is 129 Å². The van der Waals surface area contributed by atoms with E-state index in [0.717, 1.165) is 13.8 Å². The van der Waals surface area contributed by atoms with Crippen LogP contribution >= 0.6 is 23.2 Å². The molecule has 0 fully saturated rings. The molecule has 6 aromatic rings. The van der Waals surface area contributed by atoms with Crippen LogP contribution in [0.3, 0.4) is 0 Å². The molecule has 334 valence electrons. The van der Waals surface area contributed by atoms with E-state index in [4.69, 9.17) is 23.2 Å². The molecule has 0 saturated carbocycles. The van der Waals surface area contributed by atoms with Crippen LogP contribution in [0.4, 0.5) is 34.1 Å². The van der Waals surface area contributed by atoms with Crippen LogP contribution in [0.15, 0.2) is 113 Å². The number of amides is 2. The Balaban J connectivity index is 0.00000397. The SMILES string of the molecule is CC(=O)Nc1cc(S(=O)(=O)[O-])cc2c(N=Nc3ccc(-c4ccc(N=Nc5c(S(=O)(=O)[O-])cc(O)c6c(NC(C)=O)cc(S(=O)(=O)[O-])cc56)c(Cl)c4)cc3Cl)c(S(=O)(=O)[O-])cc(O)c12.[Na+].[Na+].[Na+].[Na+]. The van der Waals surface area contributed by atoms with Crippen LogP contribution in [0, 0.1) is 0 Å². The van der Waals surface area contributed by atoms with Crippen LogP contribution in [-0.4, -0.2) is 73.9 Å². The number of carbonyl (C=O) groups excluding carboxylic acids is 2. The van der Waals surface area contributed by atoms with Crippen molar-refractivity contribution in [1.82, 2.24) is 0 Å². The minimum Gasteiger partial charge on any atom is -0.744 e. The molecule has 32 heteroatoms. The van der Waals surface area contributed by atoms with E-state index in [-0.39, 0.29) is 140 Å². The summed E-state index contributed by atoms with van der Waals surface area (Å²) in [5.74, 6) is -3.39. The second kappa shape index (κ2) is 23.6. The number of azo groups is 2. The number of nitrogens with zero attached hydrogens (tertiary/aromatic N) is 4. The molecule has 22 nitrogen and oxygen atoms in total. The molecule has 0 radical (unpaired) electrons. The topological polar surface area (TPSA) is 377 Å². The van der Waals surface area contributed by atoms with E-state index in [1.807, 2.05) is 0 Å². The van der Waals surface area contributed by atoms with Gasteiger partial charge in [0.2, 0.25) is 11.8 Å². The average Bonchev–Trinajstić information content (AvgIpc) is 3.15. The fraction of sp³-hybridized carbons (Fsp3) is 0.0556. The number of hydrogen-bond acceptors (Lipinski definition) is 20. The molecule has 68 heavy (non-hydrogen) atoms. The predicted octanol–water partition coefficient (Wildman–Crippen LogP) is -5.24. The molecule has 4 N–H and O–H groups in total. The fourth-order valence-electron chi connectivity index (χ4n) is 6.15. The third kappa shape index (κ3) is 14.1. The minimum absolute atomic E-state index is 0. The van der Waals surface area contributed by atoms with Gasteiger partial charge in [-0.2, -0.15) is 0 Å². The minimum atomic E-state index is -5.49. The first-order valence-electron chi connectivity index (χ1n) is 17.0. The van der Waals surface area contributed by atoms with Crippen molar-refractivity contribution in [3.63, 3.8) is 0 Å². The van der Waals surface area contributed by atoms with Gasteiger partial charge in [0.05, 0.1) is 41.0 Å². The Morgan fingerprint density at radius 3 is 1.09 bits per heavy atom. The van der Waals surface area contributed by atoms with Crippen molar-refractivity contribution in [3.05, 3.63) is 82.8 Å². The zero-order valence-corrected chi connectivity index (χ0v) is 48.5. The van der Waals surface area contributed by atoms with Gasteiger partial charge in [-0.25, -0.2) is 33.7 Å². The van der Waals surface area contributed by atoms with Gasteiger partial charge in [0.25, 0.3) is 0 Å². The van der Waals surface area contributed by atoms with Crippen LogP contribution in [0.5, 0.6) is 11.5 Å². The Morgan fingerprint density at radius 1 is 0.500 bits per heavy atom. The molecule has 0 aromatic heterocycles. The van der Waals surface area contributed by atoms with Crippen LogP contribution in [0.25, 0.3) is 32.7 Å². The number of anilines is 2. The number of fused-ring (bicyclic) bond motifs is 2. The van der Waals surface area contributed by atoms with Crippen molar-refractivity contribution in [3.8, 4) is 22.6 Å². The second-order valence-electron chi connectivity index (χ2n) is 13.2. The maximum absolute atomic E-state index is 12.3. The molecule has 0 heterocycles. The Kier molecular flexibility index (Phi) is 21.5. The van der Waals surface area contributed by atoms with Crippen LogP contribution in [0.2, 0.25) is 10.0 Å². The zero-order valence-electron chi connectivity index (χ0n) is 35.7. The first kappa shape index (κ1) is 61.9. The summed E-state index contributed by atoms with van der Waals surface area (Å²) in [6.45, 7) is 2.03. The number of phenols is 2. The smallest absolute Gasteiger partial charge is 0.744 e. The number of halogens is 2. The maximum Gasteiger partial charge on any atom is 1.00 e. The predicted molar refractivity (Wildman–Crippen MR) is 222 cm³/mol. The van der Waals surface area contributed by atoms with E-state index in [1.54, 1.807) is 0 Å². The van der Waals surface area contributed by atoms with Gasteiger partial charge in [0, 0.05) is 47.5 Å². The first-order chi connectivity index (χ1) is 29.5. The molecular formula is C36H22Cl2N6Na4O16S4. The van der Waals surface area contributed by atoms with Crippen molar-refractivity contribution in [2.24, 2.45) is 20.5 Å². The van der Waals surface area contributed by atoms with Gasteiger partial charge in [0.1, 0.15) is 74.7 Å². The third-order valence-corrected chi connectivity index (χ3v) is 12.7. The monoisotopic (exact) mass is 1080 g/mol. The quantitative estimate of drug-likeness (QED) is 0.0535. The van der Waals surface area contributed by atoms with Crippen molar-refractivity contribution in [2.45, 2.75) is 33.4 Å². The zero-order chi connectivity index (χ0) is 47.4. The van der Waals surface area contributed by atoms with Crippen LogP contribution in [0.1, 0.15) is 13.8 Å². The van der Waals surface area contributed by atoms with Gasteiger partial charge in [-0.3, -0.25) is 9.59 Å². The van der Waals surface area contributed by atoms with Gasteiger partial charge in [-0.05, 0) is 59.7 Å². The third-order valence-electron chi connectivity index (χ3n) is 8.73. The number of rotatable bonds is 11. The van der Waals surface area contributed by atoms with Crippen LogP contribution in [-0.2, 0) is 50.1 Å². The average molecular weight is 1090 g/mol. The van der Waals surface area contributed by atoms with Gasteiger partial charge in [0.15, 0.2) is 0 Å². The summed E-state index contributed by atoms with van der Waals surface area (Å²) in [4.78, 5) is 19.4. The molecule has 0 atom stereocenters. The molecule has 0 bridgehead atoms. The summed E-state index contributed by atoms with van der Waals surface area (Å²) in [5.41, 5.74) is -2.25. The van der Waals surface area contributed by atoms with Crippen molar-refractivity contribution < 1.29 is 190 Å². The standard InChI is InChI=1S/C36H26Cl2N6O16S4.4Na/c1-15(45)39-27-11-19(61(49,50)51)9-21-33(27)29(47)13-31(63(55,56)57)35(21)43-41-25-5-3-17(7-23(25)37)18-4-6-26(24(38)8-18)42-44-36-22-10-20(62(52,53)54)12-28(40-16(2)46)34(22)30(48)14-32(36)64(58,59)60;;;;/h3-14,47-48H,1-2H3,(H,39,45)(H,40,46)(H,49,50,51)(H,52,53,54)(H,55,56,57)(H,58,59,60);;;;/q;4*+1/p-4. The van der Waals surface area contributed by atoms with E-state index in [9.17, 15) is 71.7 Å². The van der Waals surface area contributed by atoms with Gasteiger partial charge < -0.3 is 39.1 Å². The molecule has 0 aliphatic rings. The van der Waals surface area contributed by atoms with Gasteiger partial charge >= 0.3 is 118 Å². The van der Waals surface area contributed by atoms with E-state index < -0.39 is 128 Å². The summed E-state index contributed by atoms with van der Waals surface area (Å²) in [7, 11) is -21.6. The molecule has 0 spiro atoms. The second-order valence-corrected chi connectivity index (χ2v) is 19.5. The Morgan fingerprint density at radius 2 is 0.824 bits per heavy atom. The number of carbonyl (C=O) groups is 2. The molecule has 0 saturated heterocycles. The molecular weight excluding hydrogens is 1060 g/mol. The largest absolute Gasteiger partial charge is 1.00 e. The molecule has 0 aliphatic carbocycles. The summed E-state index contributed by atoms with van der Waals surface area (Å²) in [6, 6.07) is 11.6. The maximum atomic E-state index is 12.3. The number of aromatic hydroxyl groups is 2. The summed E-state index contributed by atoms with van der Waals surface area (Å²) in [6.07, 6.45) is 0. The molecule has 2 amide bonds. The van der Waals surface area contributed by atoms with Crippen molar-refractivity contribution in [2.75, 3.05) is 10.6 Å². The van der Waals surface area contributed by atoms with E-state index >= 15 is 0 Å². The fourth-order valence-corrected chi connectivity index (χ4v) is 8.92. The summed E-state index contributed by atoms with van der Waals surface area (Å²) in [5, 5.41) is 39.0. The number of hydrogen-bond donors (Lipinski definition) is 4. The molecule has 0 unspecified atom stereocenters. The Hall–Kier alpha value is -2.20. The van der Waals surface area contributed by atoms with E-state index in [1.165, 1.54) is 36.4 Å². The molecule has 6 aromatic carbocycles. The Labute approximate surface area is 484 Å². The van der Waals surface area contributed by atoms with E-state index in [0.29, 0.717) is 47.5 Å². The number of nitrogens with one attached hydrogen (secondary N) is 2. The number of benzene rings is 6. The summed E-state index contributed by atoms with van der Waals surface area (Å²) >= 11 is 13.0.